The van der Waals surface area contributed by atoms with E-state index in [0.717, 1.165) is 5.01 Å². The summed E-state index contributed by atoms with van der Waals surface area (Å²) in [7, 11) is 0. The summed E-state index contributed by atoms with van der Waals surface area (Å²) in [6, 6.07) is -0.217. The van der Waals surface area contributed by atoms with Crippen molar-refractivity contribution in [2.75, 3.05) is 11.9 Å². The zero-order valence-corrected chi connectivity index (χ0v) is 8.73. The van der Waals surface area contributed by atoms with Gasteiger partial charge in [-0.3, -0.25) is 5.32 Å². The lowest BCUT2D eigenvalue weighted by Gasteiger charge is -1.99. The van der Waals surface area contributed by atoms with Crippen LogP contribution in [0.25, 0.3) is 0 Å². The number of rotatable bonds is 3. The van der Waals surface area contributed by atoms with E-state index in [1.54, 1.807) is 0 Å². The molecule has 2 amide bonds. The van der Waals surface area contributed by atoms with Crippen molar-refractivity contribution in [3.63, 3.8) is 0 Å². The van der Waals surface area contributed by atoms with Gasteiger partial charge in [0.05, 0.1) is 0 Å². The average Bonchev–Trinajstić information content (AvgIpc) is 2.89. The van der Waals surface area contributed by atoms with Crippen molar-refractivity contribution in [3.05, 3.63) is 5.01 Å². The standard InChI is InChI=1S/C8H12N4OS/c1-2-9-7(13)10-8-12-11-6(14-8)5-3-4-5/h5H,2-4H2,1H3,(H2,9,10,12,13). The summed E-state index contributed by atoms with van der Waals surface area (Å²) in [6.45, 7) is 2.48. The largest absolute Gasteiger partial charge is 0.338 e. The van der Waals surface area contributed by atoms with Gasteiger partial charge in [-0.05, 0) is 19.8 Å². The number of nitrogens with one attached hydrogen (secondary N) is 2. The lowest BCUT2D eigenvalue weighted by Crippen LogP contribution is -2.28. The molecule has 0 atom stereocenters. The van der Waals surface area contributed by atoms with Gasteiger partial charge < -0.3 is 5.32 Å². The van der Waals surface area contributed by atoms with Gasteiger partial charge in [0.1, 0.15) is 5.01 Å². The second-order valence-corrected chi connectivity index (χ2v) is 4.21. The highest BCUT2D eigenvalue weighted by molar-refractivity contribution is 7.15. The first-order chi connectivity index (χ1) is 6.79. The number of urea groups is 1. The number of hydrogen-bond donors (Lipinski definition) is 2. The molecule has 0 radical (unpaired) electrons. The highest BCUT2D eigenvalue weighted by atomic mass is 32.1. The minimum atomic E-state index is -0.217. The normalized spacial score (nSPS) is 15.2. The Balaban J connectivity index is 1.92. The Morgan fingerprint density at radius 3 is 3.00 bits per heavy atom. The number of aromatic nitrogens is 2. The van der Waals surface area contributed by atoms with Crippen LogP contribution in [0.5, 0.6) is 0 Å². The lowest BCUT2D eigenvalue weighted by molar-refractivity contribution is 0.252. The van der Waals surface area contributed by atoms with E-state index in [4.69, 9.17) is 0 Å². The van der Waals surface area contributed by atoms with Gasteiger partial charge in [0.15, 0.2) is 0 Å². The van der Waals surface area contributed by atoms with Crippen molar-refractivity contribution in [3.8, 4) is 0 Å². The number of carbonyl (C=O) groups excluding carboxylic acids is 1. The molecule has 0 bridgehead atoms. The average molecular weight is 212 g/mol. The smallest absolute Gasteiger partial charge is 0.321 e. The van der Waals surface area contributed by atoms with Crippen LogP contribution < -0.4 is 10.6 Å². The second-order valence-electron chi connectivity index (χ2n) is 3.20. The molecule has 0 aliphatic heterocycles. The van der Waals surface area contributed by atoms with Crippen LogP contribution in [0.3, 0.4) is 0 Å². The highest BCUT2D eigenvalue weighted by Crippen LogP contribution is 2.41. The van der Waals surface area contributed by atoms with Crippen molar-refractivity contribution in [1.29, 1.82) is 0 Å². The van der Waals surface area contributed by atoms with E-state index in [0.29, 0.717) is 17.6 Å². The van der Waals surface area contributed by atoms with Crippen molar-refractivity contribution in [2.24, 2.45) is 0 Å². The molecule has 0 unspecified atom stereocenters. The summed E-state index contributed by atoms with van der Waals surface area (Å²) in [4.78, 5) is 11.1. The predicted octanol–water partition coefficient (Wildman–Crippen LogP) is 1.56. The van der Waals surface area contributed by atoms with Crippen LogP contribution in [0.15, 0.2) is 0 Å². The summed E-state index contributed by atoms with van der Waals surface area (Å²) in [5.74, 6) is 0.595. The number of hydrogen-bond acceptors (Lipinski definition) is 4. The van der Waals surface area contributed by atoms with Crippen molar-refractivity contribution >= 4 is 22.5 Å². The molecule has 0 spiro atoms. The predicted molar refractivity (Wildman–Crippen MR) is 54.6 cm³/mol. The quantitative estimate of drug-likeness (QED) is 0.799. The van der Waals surface area contributed by atoms with Crippen LogP contribution in [-0.4, -0.2) is 22.8 Å². The van der Waals surface area contributed by atoms with Gasteiger partial charge in [-0.25, -0.2) is 4.79 Å². The molecule has 1 aromatic rings. The van der Waals surface area contributed by atoms with Gasteiger partial charge in [0.2, 0.25) is 5.13 Å². The number of anilines is 1. The van der Waals surface area contributed by atoms with Crippen LogP contribution in [0.2, 0.25) is 0 Å². The molecule has 1 aromatic heterocycles. The van der Waals surface area contributed by atoms with E-state index in [1.165, 1.54) is 24.2 Å². The topological polar surface area (TPSA) is 66.9 Å². The van der Waals surface area contributed by atoms with Crippen LogP contribution in [-0.2, 0) is 0 Å². The minimum Gasteiger partial charge on any atom is -0.338 e. The maximum Gasteiger partial charge on any atom is 0.321 e. The van der Waals surface area contributed by atoms with Crippen molar-refractivity contribution in [2.45, 2.75) is 25.7 Å². The summed E-state index contributed by atoms with van der Waals surface area (Å²) in [6.07, 6.45) is 2.41. The van der Waals surface area contributed by atoms with Crippen molar-refractivity contribution < 1.29 is 4.79 Å². The van der Waals surface area contributed by atoms with E-state index in [1.807, 2.05) is 6.92 Å². The molecule has 1 fully saturated rings. The first-order valence-corrected chi connectivity index (χ1v) is 5.49. The SMILES string of the molecule is CCNC(=O)Nc1nnc(C2CC2)s1. The zero-order chi connectivity index (χ0) is 9.97. The molecule has 2 N–H and O–H groups in total. The van der Waals surface area contributed by atoms with E-state index >= 15 is 0 Å². The van der Waals surface area contributed by atoms with E-state index in [9.17, 15) is 4.79 Å². The van der Waals surface area contributed by atoms with E-state index in [2.05, 4.69) is 20.8 Å². The molecule has 6 heteroatoms. The zero-order valence-electron chi connectivity index (χ0n) is 7.91. The molecule has 0 saturated heterocycles. The molecule has 5 nitrogen and oxygen atoms in total. The molecule has 2 rings (SSSR count). The lowest BCUT2D eigenvalue weighted by atomic mass is 10.5. The maximum absolute atomic E-state index is 11.1. The fourth-order valence-corrected chi connectivity index (χ4v) is 1.99. The fraction of sp³-hybridized carbons (Fsp3) is 0.625. The van der Waals surface area contributed by atoms with Crippen molar-refractivity contribution in [1.82, 2.24) is 15.5 Å². The molecule has 1 aliphatic carbocycles. The first-order valence-electron chi connectivity index (χ1n) is 4.68. The molecule has 1 aliphatic rings. The summed E-state index contributed by atoms with van der Waals surface area (Å²) >= 11 is 1.46. The summed E-state index contributed by atoms with van der Waals surface area (Å²) < 4.78 is 0. The van der Waals surface area contributed by atoms with Gasteiger partial charge in [0, 0.05) is 12.5 Å². The Bertz CT molecular complexity index is 334. The highest BCUT2D eigenvalue weighted by Gasteiger charge is 2.27. The van der Waals surface area contributed by atoms with E-state index in [-0.39, 0.29) is 6.03 Å². The fourth-order valence-electron chi connectivity index (χ4n) is 1.08. The van der Waals surface area contributed by atoms with Gasteiger partial charge in [-0.1, -0.05) is 11.3 Å². The van der Waals surface area contributed by atoms with Gasteiger partial charge in [-0.2, -0.15) is 0 Å². The van der Waals surface area contributed by atoms with Crippen LogP contribution >= 0.6 is 11.3 Å². The van der Waals surface area contributed by atoms with Crippen LogP contribution in [0.4, 0.5) is 9.93 Å². The van der Waals surface area contributed by atoms with Gasteiger partial charge in [0.25, 0.3) is 0 Å². The monoisotopic (exact) mass is 212 g/mol. The second kappa shape index (κ2) is 3.91. The summed E-state index contributed by atoms with van der Waals surface area (Å²) in [5, 5.41) is 14.8. The third-order valence-electron chi connectivity index (χ3n) is 1.93. The number of carbonyl (C=O) groups is 1. The Kier molecular flexibility index (Phi) is 2.62. The molecule has 1 saturated carbocycles. The molecule has 76 valence electrons. The molecule has 0 aromatic carbocycles. The Labute approximate surface area is 85.9 Å². The third kappa shape index (κ3) is 2.20. The molecule has 14 heavy (non-hydrogen) atoms. The van der Waals surface area contributed by atoms with E-state index < -0.39 is 0 Å². The maximum atomic E-state index is 11.1. The minimum absolute atomic E-state index is 0.217. The summed E-state index contributed by atoms with van der Waals surface area (Å²) in [5.41, 5.74) is 0. The Morgan fingerprint density at radius 1 is 1.57 bits per heavy atom. The number of nitrogens with zero attached hydrogens (tertiary/aromatic N) is 2. The Hall–Kier alpha value is -1.17. The van der Waals surface area contributed by atoms with Gasteiger partial charge in [-0.15, -0.1) is 10.2 Å². The molecule has 1 heterocycles. The third-order valence-corrected chi connectivity index (χ3v) is 2.93. The van der Waals surface area contributed by atoms with Crippen LogP contribution in [0.1, 0.15) is 30.7 Å². The number of amides is 2. The first kappa shape index (κ1) is 9.39. The Morgan fingerprint density at radius 2 is 2.36 bits per heavy atom. The molecular weight excluding hydrogens is 200 g/mol. The van der Waals surface area contributed by atoms with Crippen LogP contribution in [0, 0.1) is 0 Å². The van der Waals surface area contributed by atoms with Gasteiger partial charge >= 0.3 is 6.03 Å². The molecular formula is C8H12N4OS.